The topological polar surface area (TPSA) is 119 Å². The molecule has 0 radical (unpaired) electrons. The number of fused-ring (bicyclic) bond motifs is 1. The van der Waals surface area contributed by atoms with E-state index in [9.17, 15) is 9.59 Å². The smallest absolute Gasteiger partial charge is 0.306 e. The number of carbonyl (C=O) groups excluding carboxylic acids is 1. The quantitative estimate of drug-likeness (QED) is 0.190. The van der Waals surface area contributed by atoms with Crippen LogP contribution in [0, 0.1) is 0 Å². The molecule has 0 fully saturated rings. The average molecular weight is 577 g/mol. The number of ether oxygens (including phenoxy) is 7. The molecule has 226 valence electrons. The van der Waals surface area contributed by atoms with Crippen LogP contribution in [-0.4, -0.2) is 90.9 Å². The number of rotatable bonds is 15. The number of quaternary nitrogens is 1. The highest BCUT2D eigenvalue weighted by atomic mass is 16.5. The normalized spacial score (nSPS) is 17.7. The lowest BCUT2D eigenvalue weighted by Crippen LogP contribution is -2.52. The van der Waals surface area contributed by atoms with Crippen LogP contribution in [-0.2, 0) is 27.2 Å². The fourth-order valence-electron chi connectivity index (χ4n) is 5.60. The summed E-state index contributed by atoms with van der Waals surface area (Å²) < 4.78 is 40.1. The number of hydrogen-bond donors (Lipinski definition) is 1. The number of esters is 1. The molecule has 0 aromatic heterocycles. The van der Waals surface area contributed by atoms with Crippen molar-refractivity contribution in [1.82, 2.24) is 0 Å². The van der Waals surface area contributed by atoms with Crippen molar-refractivity contribution < 1.29 is 52.3 Å². The predicted octanol–water partition coefficient (Wildman–Crippen LogP) is 3.82. The first-order valence-electron chi connectivity index (χ1n) is 13.5. The van der Waals surface area contributed by atoms with E-state index in [0.717, 1.165) is 29.7 Å². The second-order valence-corrected chi connectivity index (χ2v) is 10.1. The Bertz CT molecular complexity index is 1210. The third-order valence-corrected chi connectivity index (χ3v) is 7.70. The van der Waals surface area contributed by atoms with Crippen molar-refractivity contribution in [2.45, 2.75) is 38.1 Å². The van der Waals surface area contributed by atoms with E-state index < -0.39 is 11.9 Å². The summed E-state index contributed by atoms with van der Waals surface area (Å²) in [7, 11) is 11.8. The Morgan fingerprint density at radius 3 is 1.95 bits per heavy atom. The van der Waals surface area contributed by atoms with Crippen molar-refractivity contribution in [3.63, 3.8) is 0 Å². The van der Waals surface area contributed by atoms with Crippen LogP contribution in [0.2, 0.25) is 0 Å². The lowest BCUT2D eigenvalue weighted by atomic mass is 9.85. The fraction of sp³-hybridized carbons (Fsp3) is 0.533. The molecule has 3 rings (SSSR count). The third-order valence-electron chi connectivity index (χ3n) is 7.70. The number of nitrogens with zero attached hydrogens (tertiary/aromatic N) is 1. The summed E-state index contributed by atoms with van der Waals surface area (Å²) in [6.45, 7) is 1.74. The molecule has 0 amide bonds. The number of aliphatic carboxylic acids is 1. The maximum Gasteiger partial charge on any atom is 0.306 e. The van der Waals surface area contributed by atoms with Gasteiger partial charge in [0.2, 0.25) is 11.5 Å². The van der Waals surface area contributed by atoms with Crippen molar-refractivity contribution in [1.29, 1.82) is 0 Å². The zero-order valence-corrected chi connectivity index (χ0v) is 25.0. The van der Waals surface area contributed by atoms with E-state index in [-0.39, 0.29) is 25.5 Å². The Balaban J connectivity index is 2.02. The summed E-state index contributed by atoms with van der Waals surface area (Å²) in [4.78, 5) is 22.7. The van der Waals surface area contributed by atoms with Gasteiger partial charge in [-0.25, -0.2) is 0 Å². The first-order chi connectivity index (χ1) is 19.7. The molecular formula is C30H42NO10+. The van der Waals surface area contributed by atoms with Gasteiger partial charge in [0.05, 0.1) is 87.8 Å². The second kappa shape index (κ2) is 14.2. The van der Waals surface area contributed by atoms with Gasteiger partial charge in [0.1, 0.15) is 6.04 Å². The zero-order valence-electron chi connectivity index (χ0n) is 25.0. The van der Waals surface area contributed by atoms with E-state index in [2.05, 4.69) is 7.05 Å². The largest absolute Gasteiger partial charge is 0.493 e. The van der Waals surface area contributed by atoms with Gasteiger partial charge < -0.3 is 42.7 Å². The number of hydrogen-bond acceptors (Lipinski definition) is 9. The molecule has 2 aromatic carbocycles. The number of methoxy groups -OCH3 is 6. The average Bonchev–Trinajstić information content (AvgIpc) is 2.97. The summed E-state index contributed by atoms with van der Waals surface area (Å²) >= 11 is 0. The molecule has 2 atom stereocenters. The van der Waals surface area contributed by atoms with Gasteiger partial charge in [0.15, 0.2) is 23.0 Å². The first kappa shape index (κ1) is 31.7. The second-order valence-electron chi connectivity index (χ2n) is 10.1. The van der Waals surface area contributed by atoms with Crippen molar-refractivity contribution in [2.24, 2.45) is 0 Å². The highest BCUT2D eigenvalue weighted by molar-refractivity contribution is 5.76. The van der Waals surface area contributed by atoms with Crippen LogP contribution in [0.1, 0.15) is 42.0 Å². The highest BCUT2D eigenvalue weighted by Crippen LogP contribution is 2.51. The maximum absolute atomic E-state index is 12.0. The van der Waals surface area contributed by atoms with Crippen LogP contribution < -0.4 is 28.4 Å². The minimum absolute atomic E-state index is 0.0703. The molecular weight excluding hydrogens is 534 g/mol. The van der Waals surface area contributed by atoms with Crippen LogP contribution in [0.25, 0.3) is 0 Å². The predicted molar refractivity (Wildman–Crippen MR) is 151 cm³/mol. The molecule has 0 aliphatic carbocycles. The van der Waals surface area contributed by atoms with Crippen LogP contribution in [0.4, 0.5) is 0 Å². The Labute approximate surface area is 241 Å². The molecule has 2 aromatic rings. The van der Waals surface area contributed by atoms with Gasteiger partial charge in [-0.2, -0.15) is 0 Å². The highest BCUT2D eigenvalue weighted by Gasteiger charge is 2.43. The SMILES string of the molecule is COc1cc(C[C@@H]2c3c(cc(OC)c(OC)c3OC)CC[N@@+]2(C)CCCOC(=O)CCC(=O)O)cc(OC)c1OC. The van der Waals surface area contributed by atoms with Crippen molar-refractivity contribution >= 4 is 11.9 Å². The maximum atomic E-state index is 12.0. The molecule has 0 bridgehead atoms. The number of carbonyl (C=O) groups is 2. The minimum atomic E-state index is -1.03. The molecule has 1 N–H and O–H groups in total. The van der Waals surface area contributed by atoms with E-state index in [4.69, 9.17) is 38.3 Å². The third kappa shape index (κ3) is 7.08. The van der Waals surface area contributed by atoms with Crippen LogP contribution in [0.3, 0.4) is 0 Å². The fourth-order valence-corrected chi connectivity index (χ4v) is 5.60. The van der Waals surface area contributed by atoms with Crippen LogP contribution in [0.5, 0.6) is 34.5 Å². The van der Waals surface area contributed by atoms with Crippen molar-refractivity contribution in [2.75, 3.05) is 69.4 Å². The van der Waals surface area contributed by atoms with Crippen molar-refractivity contribution in [3.05, 3.63) is 34.9 Å². The van der Waals surface area contributed by atoms with E-state index in [1.807, 2.05) is 18.2 Å². The molecule has 0 unspecified atom stereocenters. The number of carboxylic acids is 1. The molecule has 1 aliphatic rings. The molecule has 11 heteroatoms. The van der Waals surface area contributed by atoms with Gasteiger partial charge in [-0.3, -0.25) is 9.59 Å². The van der Waals surface area contributed by atoms with E-state index >= 15 is 0 Å². The zero-order chi connectivity index (χ0) is 30.2. The molecule has 0 saturated carbocycles. The number of benzene rings is 2. The van der Waals surface area contributed by atoms with Crippen LogP contribution in [0.15, 0.2) is 18.2 Å². The summed E-state index contributed by atoms with van der Waals surface area (Å²) in [6.07, 6.45) is 1.62. The summed E-state index contributed by atoms with van der Waals surface area (Å²) in [6, 6.07) is 5.86. The molecule has 11 nitrogen and oxygen atoms in total. The minimum Gasteiger partial charge on any atom is -0.493 e. The first-order valence-corrected chi connectivity index (χ1v) is 13.5. The Morgan fingerprint density at radius 1 is 0.829 bits per heavy atom. The Hall–Kier alpha value is -3.86. The Kier molecular flexibility index (Phi) is 10.9. The lowest BCUT2D eigenvalue weighted by Gasteiger charge is -2.46. The monoisotopic (exact) mass is 576 g/mol. The standard InChI is InChI=1S/C30H41NO10/c1-31(12-8-14-41-26(34)10-9-25(32)33)13-11-20-18-24(37-4)29(39-6)30(40-7)27(20)21(31)15-19-16-22(35-2)28(38-5)23(17-19)36-3/h16-18,21H,8-15H2,1-7H3/p+1/t21-,31-/m1/s1. The summed E-state index contributed by atoms with van der Waals surface area (Å²) in [5, 5.41) is 8.82. The van der Waals surface area contributed by atoms with Gasteiger partial charge in [0, 0.05) is 19.3 Å². The van der Waals surface area contributed by atoms with Gasteiger partial charge in [-0.15, -0.1) is 0 Å². The van der Waals surface area contributed by atoms with Crippen LogP contribution >= 0.6 is 0 Å². The van der Waals surface area contributed by atoms with Gasteiger partial charge in [0.25, 0.3) is 0 Å². The lowest BCUT2D eigenvalue weighted by molar-refractivity contribution is -0.941. The molecule has 1 heterocycles. The van der Waals surface area contributed by atoms with E-state index in [0.29, 0.717) is 58.4 Å². The van der Waals surface area contributed by atoms with E-state index in [1.54, 1.807) is 42.7 Å². The Morgan fingerprint density at radius 2 is 1.41 bits per heavy atom. The molecule has 0 spiro atoms. The van der Waals surface area contributed by atoms with Gasteiger partial charge in [-0.1, -0.05) is 0 Å². The van der Waals surface area contributed by atoms with Gasteiger partial charge >= 0.3 is 11.9 Å². The van der Waals surface area contributed by atoms with Gasteiger partial charge in [-0.05, 0) is 29.3 Å². The summed E-state index contributed by atoms with van der Waals surface area (Å²) in [5.41, 5.74) is 3.14. The number of carboxylic acid groups (broad SMARTS) is 1. The summed E-state index contributed by atoms with van der Waals surface area (Å²) in [5.74, 6) is 1.90. The van der Waals surface area contributed by atoms with Crippen molar-refractivity contribution in [3.8, 4) is 34.5 Å². The molecule has 0 saturated heterocycles. The number of likely N-dealkylation sites (N-methyl/N-ethyl adjacent to an activating group) is 1. The molecule has 41 heavy (non-hydrogen) atoms. The molecule has 1 aliphatic heterocycles. The van der Waals surface area contributed by atoms with E-state index in [1.165, 1.54) is 0 Å².